The van der Waals surface area contributed by atoms with Gasteiger partial charge in [-0.15, -0.1) is 0 Å². The number of hydrogen-bond donors (Lipinski definition) is 10. The minimum absolute atomic E-state index is 0.0486. The van der Waals surface area contributed by atoms with E-state index in [9.17, 15) is 61.4 Å². The summed E-state index contributed by atoms with van der Waals surface area (Å²) in [5.74, 6) is -0.699. The third-order valence-corrected chi connectivity index (χ3v) is 9.16. The molecule has 0 saturated carbocycles. The van der Waals surface area contributed by atoms with E-state index >= 15 is 0 Å². The summed E-state index contributed by atoms with van der Waals surface area (Å²) in [5, 5.41) is 64.9. The zero-order valence-electron chi connectivity index (χ0n) is 27.6. The van der Waals surface area contributed by atoms with Crippen LogP contribution in [0.5, 0.6) is 0 Å². The molecule has 300 valence electrons. The Kier molecular flexibility index (Phi) is 16.7. The van der Waals surface area contributed by atoms with Gasteiger partial charge in [0.05, 0.1) is 19.3 Å². The Hall–Kier alpha value is -1.31. The number of aliphatic hydroxyl groups is 6. The van der Waals surface area contributed by atoms with E-state index in [-0.39, 0.29) is 6.61 Å². The molecule has 3 saturated heterocycles. The van der Waals surface area contributed by atoms with E-state index in [1.165, 1.54) is 6.92 Å². The first kappa shape index (κ1) is 44.1. The molecule has 1 amide bonds. The van der Waals surface area contributed by atoms with Gasteiger partial charge in [-0.1, -0.05) is 12.8 Å². The van der Waals surface area contributed by atoms with Crippen LogP contribution >= 0.6 is 0 Å². The highest BCUT2D eigenvalue weighted by atomic mass is 32.3. The van der Waals surface area contributed by atoms with Crippen molar-refractivity contribution in [1.82, 2.24) is 5.32 Å². The predicted octanol–water partition coefficient (Wildman–Crippen LogP) is -5.20. The highest BCUT2D eigenvalue weighted by Crippen LogP contribution is 2.35. The van der Waals surface area contributed by atoms with E-state index in [4.69, 9.17) is 34.2 Å². The second kappa shape index (κ2) is 19.3. The quantitative estimate of drug-likeness (QED) is 0.0458. The molecule has 0 aromatic carbocycles. The van der Waals surface area contributed by atoms with Gasteiger partial charge < -0.3 is 70.1 Å². The number of nitrogens with two attached hydrogens (primary N) is 1. The van der Waals surface area contributed by atoms with Crippen molar-refractivity contribution in [1.29, 1.82) is 0 Å². The van der Waals surface area contributed by atoms with Crippen LogP contribution in [0.3, 0.4) is 0 Å². The van der Waals surface area contributed by atoms with Gasteiger partial charge in [-0.05, 0) is 26.3 Å². The van der Waals surface area contributed by atoms with Crippen LogP contribution in [-0.2, 0) is 62.4 Å². The van der Waals surface area contributed by atoms with Crippen LogP contribution in [-0.4, -0.2) is 181 Å². The summed E-state index contributed by atoms with van der Waals surface area (Å²) in [4.78, 5) is 12.5. The van der Waals surface area contributed by atoms with Crippen molar-refractivity contribution >= 4 is 26.7 Å². The second-order valence-electron chi connectivity index (χ2n) is 12.1. The van der Waals surface area contributed by atoms with Crippen molar-refractivity contribution < 1.29 is 98.2 Å². The molecule has 0 radical (unpaired) electrons. The Balaban J connectivity index is 2.08. The molecule has 15 atom stereocenters. The fourth-order valence-electron chi connectivity index (χ4n) is 5.79. The van der Waals surface area contributed by atoms with Gasteiger partial charge in [0, 0.05) is 13.5 Å². The van der Waals surface area contributed by atoms with E-state index < -0.39 is 132 Å². The van der Waals surface area contributed by atoms with Crippen molar-refractivity contribution in [2.75, 3.05) is 26.4 Å². The lowest BCUT2D eigenvalue weighted by atomic mass is 9.94. The lowest BCUT2D eigenvalue weighted by Crippen LogP contribution is -2.70. The Morgan fingerprint density at radius 2 is 1.27 bits per heavy atom. The van der Waals surface area contributed by atoms with E-state index in [1.807, 2.05) is 0 Å². The van der Waals surface area contributed by atoms with Gasteiger partial charge in [-0.3, -0.25) is 13.9 Å². The maximum absolute atomic E-state index is 12.5. The normalized spacial score (nSPS) is 39.5. The first-order valence-corrected chi connectivity index (χ1v) is 18.7. The third-order valence-electron chi connectivity index (χ3n) is 8.23. The van der Waals surface area contributed by atoms with Crippen LogP contribution in [0, 0.1) is 0 Å². The molecule has 3 heterocycles. The van der Waals surface area contributed by atoms with Crippen molar-refractivity contribution in [3.63, 3.8) is 0 Å². The number of ether oxygens (including phenoxy) is 6. The number of carbonyl (C=O) groups is 1. The smallest absolute Gasteiger partial charge is 0.394 e. The maximum atomic E-state index is 12.5. The molecule has 0 unspecified atom stereocenters. The van der Waals surface area contributed by atoms with Crippen molar-refractivity contribution in [3.05, 3.63) is 0 Å². The van der Waals surface area contributed by atoms with Crippen LogP contribution in [0.25, 0.3) is 0 Å². The standard InChI is InChI=1S/C26H48N2O21S2/c1-11-16(32)18(34)19(35)25(43-11)47-21-15(28-12(2)31)24(42-8-6-4-3-5-7-27)45-14(10-30)20(21)46-26-23(49-51(39,40)41)22(48-50(36,37)38)17(33)13(9-29)44-26/h11,13-26,29-30,32-35H,3-10,27H2,1-2H3,(H,28,31)(H,36,37,38)(H,39,40,41)/t11-,13+,14+,15+,16+,17-,18+,19-,20+,21+,22-,23+,24+,25-,26-/m0/s1. The van der Waals surface area contributed by atoms with E-state index in [1.54, 1.807) is 0 Å². The molecule has 0 spiro atoms. The largest absolute Gasteiger partial charge is 0.397 e. The van der Waals surface area contributed by atoms with Gasteiger partial charge in [0.15, 0.2) is 25.0 Å². The molecular formula is C26H48N2O21S2. The Bertz CT molecular complexity index is 1310. The van der Waals surface area contributed by atoms with Gasteiger partial charge >= 0.3 is 20.8 Å². The summed E-state index contributed by atoms with van der Waals surface area (Å²) >= 11 is 0. The lowest BCUT2D eigenvalue weighted by Gasteiger charge is -2.50. The zero-order chi connectivity index (χ0) is 38.3. The summed E-state index contributed by atoms with van der Waals surface area (Å²) < 4.78 is 110. The molecule has 25 heteroatoms. The molecule has 3 aliphatic rings. The van der Waals surface area contributed by atoms with Gasteiger partial charge in [0.25, 0.3) is 0 Å². The molecule has 0 bridgehead atoms. The van der Waals surface area contributed by atoms with Crippen LogP contribution in [0.4, 0.5) is 0 Å². The van der Waals surface area contributed by atoms with Gasteiger partial charge in [0.2, 0.25) is 5.91 Å². The predicted molar refractivity (Wildman–Crippen MR) is 164 cm³/mol. The SMILES string of the molecule is CC(=O)N[C@H]1[C@H](OCCCCCCN)O[C@H](CO)[C@@H](O[C@@H]2O[C@H](CO)[C@H](O)[C@H](OS(=O)(=O)O)[C@H]2OS(=O)(=O)O)[C@@H]1O[C@@H]1O[C@@H](C)[C@@H](O)[C@@H](O)[C@@H]1O. The molecule has 23 nitrogen and oxygen atoms in total. The van der Waals surface area contributed by atoms with Gasteiger partial charge in [0.1, 0.15) is 61.0 Å². The Labute approximate surface area is 293 Å². The molecule has 3 fully saturated rings. The zero-order valence-corrected chi connectivity index (χ0v) is 29.2. The molecule has 0 aromatic rings. The van der Waals surface area contributed by atoms with Crippen LogP contribution in [0.1, 0.15) is 39.5 Å². The maximum Gasteiger partial charge on any atom is 0.397 e. The Morgan fingerprint density at radius 3 is 1.84 bits per heavy atom. The van der Waals surface area contributed by atoms with Gasteiger partial charge in [-0.2, -0.15) is 16.8 Å². The number of rotatable bonds is 18. The van der Waals surface area contributed by atoms with E-state index in [0.29, 0.717) is 19.4 Å². The van der Waals surface area contributed by atoms with E-state index in [2.05, 4.69) is 13.7 Å². The van der Waals surface area contributed by atoms with E-state index in [0.717, 1.165) is 19.8 Å². The number of amides is 1. The average molecular weight is 789 g/mol. The monoisotopic (exact) mass is 788 g/mol. The number of nitrogens with one attached hydrogen (secondary N) is 1. The highest BCUT2D eigenvalue weighted by Gasteiger charge is 2.56. The number of hydrogen-bond acceptors (Lipinski definition) is 20. The fraction of sp³-hybridized carbons (Fsp3) is 0.962. The topological polar surface area (TPSA) is 359 Å². The lowest BCUT2D eigenvalue weighted by molar-refractivity contribution is -0.370. The number of aliphatic hydroxyl groups excluding tert-OH is 6. The number of unbranched alkanes of at least 4 members (excludes halogenated alkanes) is 3. The molecular weight excluding hydrogens is 740 g/mol. The third kappa shape index (κ3) is 12.4. The summed E-state index contributed by atoms with van der Waals surface area (Å²) in [6.45, 7) is 0.950. The number of carbonyl (C=O) groups excluding carboxylic acids is 1. The summed E-state index contributed by atoms with van der Waals surface area (Å²) in [5.41, 5.74) is 5.53. The molecule has 11 N–H and O–H groups in total. The van der Waals surface area contributed by atoms with Crippen molar-refractivity contribution in [2.24, 2.45) is 5.73 Å². The molecule has 0 aliphatic carbocycles. The summed E-state index contributed by atoms with van der Waals surface area (Å²) in [7, 11) is -11.1. The molecule has 3 aliphatic heterocycles. The van der Waals surface area contributed by atoms with Crippen LogP contribution < -0.4 is 11.1 Å². The van der Waals surface area contributed by atoms with Gasteiger partial charge in [-0.25, -0.2) is 8.37 Å². The minimum Gasteiger partial charge on any atom is -0.394 e. The van der Waals surface area contributed by atoms with Crippen LogP contribution in [0.15, 0.2) is 0 Å². The average Bonchev–Trinajstić information content (AvgIpc) is 3.03. The highest BCUT2D eigenvalue weighted by molar-refractivity contribution is 7.81. The minimum atomic E-state index is -5.56. The Morgan fingerprint density at radius 1 is 0.706 bits per heavy atom. The van der Waals surface area contributed by atoms with Crippen molar-refractivity contribution in [3.8, 4) is 0 Å². The fourth-order valence-corrected chi connectivity index (χ4v) is 6.77. The molecule has 51 heavy (non-hydrogen) atoms. The van der Waals surface area contributed by atoms with Crippen LogP contribution in [0.2, 0.25) is 0 Å². The van der Waals surface area contributed by atoms with Crippen molar-refractivity contribution in [2.45, 2.75) is 132 Å². The second-order valence-corrected chi connectivity index (χ2v) is 14.2. The first-order valence-electron chi connectivity index (χ1n) is 15.9. The first-order chi connectivity index (χ1) is 23.8. The molecule has 3 rings (SSSR count). The molecule has 0 aromatic heterocycles. The summed E-state index contributed by atoms with van der Waals surface area (Å²) in [6.07, 6.45) is -23.3. The summed E-state index contributed by atoms with van der Waals surface area (Å²) in [6, 6.07) is -1.44.